The number of aryl methyl sites for hydroxylation is 1. The highest BCUT2D eigenvalue weighted by molar-refractivity contribution is 5.32. The molecular formula is C22H26N4O. The average Bonchev–Trinajstić information content (AvgIpc) is 3.38. The van der Waals surface area contributed by atoms with Crippen LogP contribution in [0, 0.1) is 0 Å². The van der Waals surface area contributed by atoms with E-state index in [9.17, 15) is 0 Å². The monoisotopic (exact) mass is 362 g/mol. The van der Waals surface area contributed by atoms with E-state index >= 15 is 0 Å². The molecule has 1 fully saturated rings. The molecule has 0 radical (unpaired) electrons. The normalized spacial score (nSPS) is 23.1. The fourth-order valence-corrected chi connectivity index (χ4v) is 4.91. The fraction of sp³-hybridized carbons (Fsp3) is 0.409. The Balaban J connectivity index is 1.39. The van der Waals surface area contributed by atoms with Gasteiger partial charge in [0.2, 0.25) is 0 Å². The number of likely N-dealkylation sites (tertiary alicyclic amines) is 1. The summed E-state index contributed by atoms with van der Waals surface area (Å²) in [7, 11) is 2.04. The van der Waals surface area contributed by atoms with Gasteiger partial charge in [-0.2, -0.15) is 5.10 Å². The highest BCUT2D eigenvalue weighted by Crippen LogP contribution is 2.41. The number of hydrogen-bond donors (Lipinski definition) is 0. The van der Waals surface area contributed by atoms with Gasteiger partial charge in [0.05, 0.1) is 18.2 Å². The number of aromatic nitrogens is 2. The lowest BCUT2D eigenvalue weighted by molar-refractivity contribution is 0.162. The van der Waals surface area contributed by atoms with Crippen LogP contribution < -0.4 is 0 Å². The minimum Gasteiger partial charge on any atom is -0.472 e. The molecule has 5 rings (SSSR count). The number of nitrogens with zero attached hydrogens (tertiary/aromatic N) is 4. The van der Waals surface area contributed by atoms with Crippen LogP contribution >= 0.6 is 0 Å². The second-order valence-electron chi connectivity index (χ2n) is 8.18. The van der Waals surface area contributed by atoms with Crippen molar-refractivity contribution in [1.82, 2.24) is 19.6 Å². The molecule has 2 aromatic heterocycles. The number of fused-ring (bicyclic) bond motifs is 2. The first-order valence-corrected chi connectivity index (χ1v) is 9.73. The van der Waals surface area contributed by atoms with Crippen LogP contribution in [0.5, 0.6) is 0 Å². The zero-order valence-electron chi connectivity index (χ0n) is 15.8. The highest BCUT2D eigenvalue weighted by Gasteiger charge is 2.46. The minimum absolute atomic E-state index is 0.132. The fourth-order valence-electron chi connectivity index (χ4n) is 4.91. The molecular weight excluding hydrogens is 336 g/mol. The predicted octanol–water partition coefficient (Wildman–Crippen LogP) is 3.17. The van der Waals surface area contributed by atoms with E-state index < -0.39 is 0 Å². The highest BCUT2D eigenvalue weighted by atomic mass is 16.3. The Morgan fingerprint density at radius 3 is 2.67 bits per heavy atom. The summed E-state index contributed by atoms with van der Waals surface area (Å²) in [6.45, 7) is 6.19. The lowest BCUT2D eigenvalue weighted by atomic mass is 9.78. The zero-order chi connectivity index (χ0) is 18.3. The second-order valence-corrected chi connectivity index (χ2v) is 8.18. The van der Waals surface area contributed by atoms with E-state index in [2.05, 4.69) is 52.4 Å². The Bertz CT molecular complexity index is 902. The molecule has 1 atom stereocenters. The van der Waals surface area contributed by atoms with E-state index in [1.165, 1.54) is 28.8 Å². The molecule has 0 saturated carbocycles. The van der Waals surface area contributed by atoms with Gasteiger partial charge in [-0.25, -0.2) is 0 Å². The topological polar surface area (TPSA) is 37.4 Å². The van der Waals surface area contributed by atoms with Crippen molar-refractivity contribution < 1.29 is 4.42 Å². The molecule has 1 spiro atoms. The molecule has 0 N–H and O–H groups in total. The molecule has 4 heterocycles. The van der Waals surface area contributed by atoms with E-state index in [1.807, 2.05) is 18.0 Å². The number of benzene rings is 1. The standard InChI is InChI=1S/C22H26N4O/c1-24-13-20-14-26(12-19-7-10-27-15-19)17-22(21(20)23-24)8-9-25(16-22)11-18-5-3-2-4-6-18/h2-7,10,13,15H,8-9,11-12,14,16-17H2,1H3. The van der Waals surface area contributed by atoms with Crippen molar-refractivity contribution in [1.29, 1.82) is 0 Å². The summed E-state index contributed by atoms with van der Waals surface area (Å²) in [5.41, 5.74) is 5.48. The number of furan rings is 1. The van der Waals surface area contributed by atoms with Crippen LogP contribution in [0.2, 0.25) is 0 Å². The minimum atomic E-state index is 0.132. The smallest absolute Gasteiger partial charge is 0.0947 e. The molecule has 2 aliphatic heterocycles. The molecule has 27 heavy (non-hydrogen) atoms. The van der Waals surface area contributed by atoms with Crippen LogP contribution in [0.3, 0.4) is 0 Å². The summed E-state index contributed by atoms with van der Waals surface area (Å²) in [4.78, 5) is 5.15. The first-order valence-electron chi connectivity index (χ1n) is 9.73. The molecule has 1 aromatic carbocycles. The van der Waals surface area contributed by atoms with Gasteiger partial charge >= 0.3 is 0 Å². The van der Waals surface area contributed by atoms with Crippen molar-refractivity contribution in [3.05, 3.63) is 77.5 Å². The van der Waals surface area contributed by atoms with E-state index in [0.717, 1.165) is 39.3 Å². The molecule has 1 saturated heterocycles. The third-order valence-corrected chi connectivity index (χ3v) is 6.00. The maximum absolute atomic E-state index is 5.28. The van der Waals surface area contributed by atoms with E-state index in [0.29, 0.717) is 0 Å². The lowest BCUT2D eigenvalue weighted by Crippen LogP contribution is -2.47. The van der Waals surface area contributed by atoms with Gasteiger partial charge in [-0.15, -0.1) is 0 Å². The van der Waals surface area contributed by atoms with Crippen molar-refractivity contribution in [2.45, 2.75) is 31.5 Å². The summed E-state index contributed by atoms with van der Waals surface area (Å²) in [5.74, 6) is 0. The van der Waals surface area contributed by atoms with Crippen LogP contribution in [0.15, 0.2) is 59.5 Å². The van der Waals surface area contributed by atoms with Gasteiger partial charge in [-0.3, -0.25) is 14.5 Å². The van der Waals surface area contributed by atoms with Gasteiger partial charge in [0.15, 0.2) is 0 Å². The van der Waals surface area contributed by atoms with Gasteiger partial charge in [0.1, 0.15) is 0 Å². The summed E-state index contributed by atoms with van der Waals surface area (Å²) in [5, 5.41) is 4.90. The molecule has 3 aromatic rings. The Labute approximate surface area is 160 Å². The molecule has 0 aliphatic carbocycles. The van der Waals surface area contributed by atoms with Crippen LogP contribution in [0.25, 0.3) is 0 Å². The first-order chi connectivity index (χ1) is 13.2. The SMILES string of the molecule is Cn1cc2c(n1)C1(CCN(Cc3ccccc3)C1)CN(Cc1ccoc1)C2. The Morgan fingerprint density at radius 1 is 1.04 bits per heavy atom. The Morgan fingerprint density at radius 2 is 1.85 bits per heavy atom. The summed E-state index contributed by atoms with van der Waals surface area (Å²) >= 11 is 0. The van der Waals surface area contributed by atoms with E-state index in [-0.39, 0.29) is 5.41 Å². The maximum atomic E-state index is 5.28. The van der Waals surface area contributed by atoms with Crippen molar-refractivity contribution in [3.63, 3.8) is 0 Å². The van der Waals surface area contributed by atoms with E-state index in [1.54, 1.807) is 6.26 Å². The zero-order valence-corrected chi connectivity index (χ0v) is 15.8. The van der Waals surface area contributed by atoms with Crippen molar-refractivity contribution >= 4 is 0 Å². The van der Waals surface area contributed by atoms with Gasteiger partial charge in [-0.05, 0) is 24.6 Å². The molecule has 2 aliphatic rings. The molecule has 5 heteroatoms. The number of hydrogen-bond acceptors (Lipinski definition) is 4. The van der Waals surface area contributed by atoms with Crippen molar-refractivity contribution in [2.24, 2.45) is 7.05 Å². The molecule has 0 amide bonds. The Kier molecular flexibility index (Phi) is 4.14. The second kappa shape index (κ2) is 6.66. The average molecular weight is 362 g/mol. The largest absolute Gasteiger partial charge is 0.472 e. The quantitative estimate of drug-likeness (QED) is 0.714. The summed E-state index contributed by atoms with van der Waals surface area (Å²) in [6, 6.07) is 12.9. The number of rotatable bonds is 4. The first kappa shape index (κ1) is 16.8. The summed E-state index contributed by atoms with van der Waals surface area (Å²) in [6.07, 6.45) is 7.01. The van der Waals surface area contributed by atoms with Crippen LogP contribution in [-0.2, 0) is 32.1 Å². The van der Waals surface area contributed by atoms with Gasteiger partial charge in [-0.1, -0.05) is 30.3 Å². The predicted molar refractivity (Wildman–Crippen MR) is 104 cm³/mol. The lowest BCUT2D eigenvalue weighted by Gasteiger charge is -2.39. The van der Waals surface area contributed by atoms with Gasteiger partial charge in [0, 0.05) is 62.5 Å². The third kappa shape index (κ3) is 3.22. The van der Waals surface area contributed by atoms with Crippen molar-refractivity contribution in [2.75, 3.05) is 19.6 Å². The molecule has 0 bridgehead atoms. The Hall–Kier alpha value is -2.37. The van der Waals surface area contributed by atoms with Crippen LogP contribution in [0.1, 0.15) is 28.8 Å². The van der Waals surface area contributed by atoms with Crippen molar-refractivity contribution in [3.8, 4) is 0 Å². The molecule has 1 unspecified atom stereocenters. The van der Waals surface area contributed by atoms with Crippen LogP contribution in [-0.4, -0.2) is 39.2 Å². The van der Waals surface area contributed by atoms with Gasteiger partial charge < -0.3 is 4.42 Å². The maximum Gasteiger partial charge on any atom is 0.0947 e. The van der Waals surface area contributed by atoms with Crippen LogP contribution in [0.4, 0.5) is 0 Å². The molecule has 140 valence electrons. The third-order valence-electron chi connectivity index (χ3n) is 6.00. The summed E-state index contributed by atoms with van der Waals surface area (Å²) < 4.78 is 7.27. The molecule has 5 nitrogen and oxygen atoms in total. The van der Waals surface area contributed by atoms with Gasteiger partial charge in [0.25, 0.3) is 0 Å². The van der Waals surface area contributed by atoms with E-state index in [4.69, 9.17) is 9.52 Å².